The molecule has 0 aromatic rings. The molecule has 0 heterocycles. The smallest absolute Gasteiger partial charge is 0.305 e. The van der Waals surface area contributed by atoms with Crippen molar-refractivity contribution in [2.75, 3.05) is 46.1 Å². The molecule has 52 heavy (non-hydrogen) atoms. The van der Waals surface area contributed by atoms with Crippen molar-refractivity contribution in [2.45, 2.75) is 226 Å². The van der Waals surface area contributed by atoms with Crippen LogP contribution in [0.15, 0.2) is 24.3 Å². The topological polar surface area (TPSA) is 48.0 Å². The first-order valence-electron chi connectivity index (χ1n) is 23.0. The Hall–Kier alpha value is -1.17. The molecule has 0 aliphatic carbocycles. The molecule has 308 valence electrons. The molecule has 0 aromatic heterocycles. The summed E-state index contributed by atoms with van der Waals surface area (Å²) in [5.74, 6) is -0.119. The van der Waals surface area contributed by atoms with E-state index in [2.05, 4.69) is 56.9 Å². The average Bonchev–Trinajstić information content (AvgIpc) is 3.15. The Morgan fingerprint density at radius 3 is 1.33 bits per heavy atom. The average molecular weight is 734 g/mol. The Labute approximate surface area is 325 Å². The number of rotatable bonds is 43. The Morgan fingerprint density at radius 1 is 0.481 bits per heavy atom. The highest BCUT2D eigenvalue weighted by molar-refractivity contribution is 5.69. The standard InChI is InChI=1S/C47H91NO4/c1-5-9-11-13-15-17-19-21-23-25-27-29-31-33-35-37-42-50-44-46(45-52-47(49)40-39-41-48(7-3)8-4)51-43-38-36-34-32-30-28-26-24-22-20-18-16-14-12-10-6-2/h21-24,46H,5-20,25-45H2,1-4H3. The molecular weight excluding hydrogens is 643 g/mol. The molecule has 1 unspecified atom stereocenters. The van der Waals surface area contributed by atoms with Crippen LogP contribution in [0.2, 0.25) is 0 Å². The van der Waals surface area contributed by atoms with Crippen LogP contribution in [0.5, 0.6) is 0 Å². The lowest BCUT2D eigenvalue weighted by atomic mass is 10.1. The maximum atomic E-state index is 12.4. The summed E-state index contributed by atoms with van der Waals surface area (Å²) >= 11 is 0. The zero-order chi connectivity index (χ0) is 37.8. The summed E-state index contributed by atoms with van der Waals surface area (Å²) in [5, 5.41) is 0. The van der Waals surface area contributed by atoms with Gasteiger partial charge in [-0.2, -0.15) is 0 Å². The first-order valence-corrected chi connectivity index (χ1v) is 23.0. The van der Waals surface area contributed by atoms with Crippen molar-refractivity contribution in [3.63, 3.8) is 0 Å². The fourth-order valence-corrected chi connectivity index (χ4v) is 6.66. The minimum atomic E-state index is -0.177. The molecule has 0 bridgehead atoms. The van der Waals surface area contributed by atoms with Crippen LogP contribution in [-0.4, -0.2) is 63.0 Å². The van der Waals surface area contributed by atoms with Crippen LogP contribution in [0.4, 0.5) is 0 Å². The molecule has 0 aromatic carbocycles. The Balaban J connectivity index is 4.05. The lowest BCUT2D eigenvalue weighted by Crippen LogP contribution is -2.28. The minimum Gasteiger partial charge on any atom is -0.463 e. The van der Waals surface area contributed by atoms with Crippen molar-refractivity contribution in [1.82, 2.24) is 4.90 Å². The first-order chi connectivity index (χ1) is 25.7. The van der Waals surface area contributed by atoms with E-state index in [0.717, 1.165) is 45.5 Å². The molecule has 5 nitrogen and oxygen atoms in total. The third-order valence-corrected chi connectivity index (χ3v) is 10.3. The van der Waals surface area contributed by atoms with Crippen molar-refractivity contribution in [3.05, 3.63) is 24.3 Å². The van der Waals surface area contributed by atoms with E-state index in [4.69, 9.17) is 14.2 Å². The fourth-order valence-electron chi connectivity index (χ4n) is 6.66. The maximum absolute atomic E-state index is 12.4. The first kappa shape index (κ1) is 50.8. The molecule has 0 N–H and O–H groups in total. The van der Waals surface area contributed by atoms with Crippen LogP contribution in [0.3, 0.4) is 0 Å². The second-order valence-corrected chi connectivity index (χ2v) is 15.3. The third-order valence-electron chi connectivity index (χ3n) is 10.3. The number of ether oxygens (including phenoxy) is 3. The summed E-state index contributed by atoms with van der Waals surface area (Å²) in [4.78, 5) is 14.8. The quantitative estimate of drug-likeness (QED) is 0.0355. The van der Waals surface area contributed by atoms with E-state index in [0.29, 0.717) is 26.2 Å². The van der Waals surface area contributed by atoms with Crippen molar-refractivity contribution in [3.8, 4) is 0 Å². The Bertz CT molecular complexity index is 750. The summed E-state index contributed by atoms with van der Waals surface area (Å²) < 4.78 is 17.9. The zero-order valence-corrected chi connectivity index (χ0v) is 35.6. The van der Waals surface area contributed by atoms with Crippen molar-refractivity contribution < 1.29 is 19.0 Å². The number of hydrogen-bond acceptors (Lipinski definition) is 5. The van der Waals surface area contributed by atoms with Gasteiger partial charge in [-0.3, -0.25) is 4.79 Å². The van der Waals surface area contributed by atoms with Gasteiger partial charge in [-0.05, 0) is 90.3 Å². The van der Waals surface area contributed by atoms with Gasteiger partial charge in [0, 0.05) is 19.6 Å². The summed E-state index contributed by atoms with van der Waals surface area (Å²) in [7, 11) is 0. The second-order valence-electron chi connectivity index (χ2n) is 15.3. The predicted molar refractivity (Wildman–Crippen MR) is 227 cm³/mol. The van der Waals surface area contributed by atoms with Crippen molar-refractivity contribution in [1.29, 1.82) is 0 Å². The Kier molecular flexibility index (Phi) is 43.2. The van der Waals surface area contributed by atoms with Gasteiger partial charge in [-0.25, -0.2) is 0 Å². The summed E-state index contributed by atoms with van der Waals surface area (Å²) in [6.07, 6.45) is 47.3. The van der Waals surface area contributed by atoms with Crippen LogP contribution in [0.25, 0.3) is 0 Å². The summed E-state index contributed by atoms with van der Waals surface area (Å²) in [6, 6.07) is 0. The summed E-state index contributed by atoms with van der Waals surface area (Å²) in [6.45, 7) is 14.1. The highest BCUT2D eigenvalue weighted by Crippen LogP contribution is 2.12. The van der Waals surface area contributed by atoms with Gasteiger partial charge in [0.25, 0.3) is 0 Å². The number of nitrogens with zero attached hydrogens (tertiary/aromatic N) is 1. The van der Waals surface area contributed by atoms with Crippen LogP contribution in [0, 0.1) is 0 Å². The number of allylic oxidation sites excluding steroid dienone is 4. The largest absolute Gasteiger partial charge is 0.463 e. The molecule has 1 atom stereocenters. The number of hydrogen-bond donors (Lipinski definition) is 0. The van der Waals surface area contributed by atoms with Gasteiger partial charge in [-0.15, -0.1) is 0 Å². The van der Waals surface area contributed by atoms with E-state index < -0.39 is 0 Å². The van der Waals surface area contributed by atoms with E-state index in [1.165, 1.54) is 167 Å². The number of carbonyl (C=O) groups excluding carboxylic acids is 1. The van der Waals surface area contributed by atoms with Crippen LogP contribution in [0.1, 0.15) is 220 Å². The normalized spacial score (nSPS) is 12.6. The second kappa shape index (κ2) is 44.2. The number of carbonyl (C=O) groups is 1. The molecule has 0 aliphatic heterocycles. The van der Waals surface area contributed by atoms with Gasteiger partial charge >= 0.3 is 5.97 Å². The summed E-state index contributed by atoms with van der Waals surface area (Å²) in [5.41, 5.74) is 0. The van der Waals surface area contributed by atoms with Crippen molar-refractivity contribution in [2.24, 2.45) is 0 Å². The minimum absolute atomic E-state index is 0.119. The molecule has 5 heteroatoms. The molecule has 0 rings (SSSR count). The number of unbranched alkanes of at least 4 members (excludes halogenated alkanes) is 24. The van der Waals surface area contributed by atoms with Gasteiger partial charge in [0.15, 0.2) is 0 Å². The van der Waals surface area contributed by atoms with E-state index >= 15 is 0 Å². The van der Waals surface area contributed by atoms with Crippen LogP contribution >= 0.6 is 0 Å². The molecular formula is C47H91NO4. The van der Waals surface area contributed by atoms with E-state index in [1.807, 2.05) is 0 Å². The van der Waals surface area contributed by atoms with E-state index in [-0.39, 0.29) is 12.1 Å². The molecule has 0 saturated heterocycles. The SMILES string of the molecule is CCCCCCCCC=CCCCCCCCCOCC(COC(=O)CCCN(CC)CC)OCCCCCCCCC=CCCCCCCCC. The van der Waals surface area contributed by atoms with Crippen LogP contribution in [-0.2, 0) is 19.0 Å². The molecule has 0 radical (unpaired) electrons. The highest BCUT2D eigenvalue weighted by Gasteiger charge is 2.14. The van der Waals surface area contributed by atoms with Crippen LogP contribution < -0.4 is 0 Å². The molecule has 0 saturated carbocycles. The van der Waals surface area contributed by atoms with E-state index in [9.17, 15) is 4.79 Å². The molecule has 0 spiro atoms. The molecule has 0 amide bonds. The number of esters is 1. The maximum Gasteiger partial charge on any atom is 0.305 e. The molecule has 0 aliphatic rings. The molecule has 0 fully saturated rings. The third kappa shape index (κ3) is 40.0. The lowest BCUT2D eigenvalue weighted by Gasteiger charge is -2.19. The van der Waals surface area contributed by atoms with Gasteiger partial charge in [-0.1, -0.05) is 168 Å². The Morgan fingerprint density at radius 2 is 0.885 bits per heavy atom. The zero-order valence-electron chi connectivity index (χ0n) is 35.6. The highest BCUT2D eigenvalue weighted by atomic mass is 16.6. The van der Waals surface area contributed by atoms with Gasteiger partial charge < -0.3 is 19.1 Å². The fraction of sp³-hybridized carbons (Fsp3) is 0.894. The monoisotopic (exact) mass is 734 g/mol. The lowest BCUT2D eigenvalue weighted by molar-refractivity contribution is -0.150. The van der Waals surface area contributed by atoms with Gasteiger partial charge in [0.05, 0.1) is 6.61 Å². The van der Waals surface area contributed by atoms with Gasteiger partial charge in [0.1, 0.15) is 12.7 Å². The predicted octanol–water partition coefficient (Wildman–Crippen LogP) is 14.1. The van der Waals surface area contributed by atoms with E-state index in [1.54, 1.807) is 0 Å². The van der Waals surface area contributed by atoms with Crippen molar-refractivity contribution >= 4 is 5.97 Å². The van der Waals surface area contributed by atoms with Gasteiger partial charge in [0.2, 0.25) is 0 Å².